The molecular weight excluding hydrogens is 340 g/mol. The summed E-state index contributed by atoms with van der Waals surface area (Å²) in [6, 6.07) is 7.63. The van der Waals surface area contributed by atoms with Gasteiger partial charge >= 0.3 is 0 Å². The second kappa shape index (κ2) is 9.86. The van der Waals surface area contributed by atoms with E-state index in [4.69, 9.17) is 21.1 Å². The lowest BCUT2D eigenvalue weighted by molar-refractivity contribution is -1.01. The van der Waals surface area contributed by atoms with Gasteiger partial charge in [-0.3, -0.25) is 0 Å². The monoisotopic (exact) mass is 370 g/mol. The van der Waals surface area contributed by atoms with Crippen molar-refractivity contribution < 1.29 is 24.4 Å². The molecule has 3 rings (SSSR count). The molecule has 2 heterocycles. The SMILES string of the molecule is O[C@@H](COCc1ccc(Cl)cc1)C[NH+]1CC[NH+](C[C@H]2CCCO2)CC1. The number of aliphatic hydroxyl groups is 1. The summed E-state index contributed by atoms with van der Waals surface area (Å²) in [7, 11) is 0. The second-order valence-electron chi connectivity index (χ2n) is 7.34. The van der Waals surface area contributed by atoms with Gasteiger partial charge in [0.25, 0.3) is 0 Å². The van der Waals surface area contributed by atoms with Gasteiger partial charge in [0, 0.05) is 11.6 Å². The number of hydrogen-bond donors (Lipinski definition) is 3. The summed E-state index contributed by atoms with van der Waals surface area (Å²) in [5.41, 5.74) is 1.08. The Kier molecular flexibility index (Phi) is 7.52. The third-order valence-corrected chi connectivity index (χ3v) is 5.47. The van der Waals surface area contributed by atoms with Crippen LogP contribution in [0.25, 0.3) is 0 Å². The molecule has 140 valence electrons. The smallest absolute Gasteiger partial charge is 0.127 e. The predicted octanol–water partition coefficient (Wildman–Crippen LogP) is -0.820. The number of aliphatic hydroxyl groups excluding tert-OH is 1. The normalized spacial score (nSPS) is 28.2. The molecule has 0 aromatic heterocycles. The fourth-order valence-corrected chi connectivity index (χ4v) is 3.90. The summed E-state index contributed by atoms with van der Waals surface area (Å²) in [5, 5.41) is 11.0. The zero-order valence-electron chi connectivity index (χ0n) is 14.9. The molecule has 0 aliphatic carbocycles. The first kappa shape index (κ1) is 19.1. The Morgan fingerprint density at radius 3 is 2.56 bits per heavy atom. The molecule has 0 unspecified atom stereocenters. The minimum Gasteiger partial charge on any atom is -0.385 e. The maximum Gasteiger partial charge on any atom is 0.127 e. The first-order chi connectivity index (χ1) is 12.2. The maximum absolute atomic E-state index is 10.2. The Morgan fingerprint density at radius 2 is 1.88 bits per heavy atom. The molecule has 6 heteroatoms. The second-order valence-corrected chi connectivity index (χ2v) is 7.78. The van der Waals surface area contributed by atoms with Gasteiger partial charge in [-0.25, -0.2) is 0 Å². The summed E-state index contributed by atoms with van der Waals surface area (Å²) < 4.78 is 11.4. The van der Waals surface area contributed by atoms with E-state index in [1.165, 1.54) is 30.8 Å². The van der Waals surface area contributed by atoms with Crippen LogP contribution < -0.4 is 9.80 Å². The van der Waals surface area contributed by atoms with Crippen molar-refractivity contribution in [3.8, 4) is 0 Å². The molecule has 0 bridgehead atoms. The Bertz CT molecular complexity index is 500. The first-order valence-corrected chi connectivity index (χ1v) is 9.86. The molecule has 2 fully saturated rings. The van der Waals surface area contributed by atoms with Crippen molar-refractivity contribution in [1.82, 2.24) is 0 Å². The van der Waals surface area contributed by atoms with Gasteiger partial charge in [-0.2, -0.15) is 0 Å². The number of halogens is 1. The van der Waals surface area contributed by atoms with Crippen molar-refractivity contribution in [3.05, 3.63) is 34.9 Å². The Hall–Kier alpha value is -0.690. The van der Waals surface area contributed by atoms with Crippen molar-refractivity contribution in [1.29, 1.82) is 0 Å². The van der Waals surface area contributed by atoms with Crippen LogP contribution in [0.2, 0.25) is 5.02 Å². The first-order valence-electron chi connectivity index (χ1n) is 9.48. The molecule has 2 aliphatic rings. The molecule has 0 radical (unpaired) electrons. The average molecular weight is 371 g/mol. The number of piperazine rings is 1. The van der Waals surface area contributed by atoms with E-state index in [0.717, 1.165) is 43.4 Å². The Morgan fingerprint density at radius 1 is 1.16 bits per heavy atom. The molecule has 3 N–H and O–H groups in total. The van der Waals surface area contributed by atoms with Crippen LogP contribution >= 0.6 is 11.6 Å². The van der Waals surface area contributed by atoms with Gasteiger partial charge < -0.3 is 24.4 Å². The maximum atomic E-state index is 10.2. The molecule has 2 atom stereocenters. The summed E-state index contributed by atoms with van der Waals surface area (Å²) >= 11 is 5.87. The van der Waals surface area contributed by atoms with Crippen LogP contribution in [-0.2, 0) is 16.1 Å². The van der Waals surface area contributed by atoms with Crippen LogP contribution in [0.1, 0.15) is 18.4 Å². The number of benzene rings is 1. The van der Waals surface area contributed by atoms with E-state index in [-0.39, 0.29) is 0 Å². The van der Waals surface area contributed by atoms with Gasteiger partial charge in [0.15, 0.2) is 0 Å². The molecule has 2 saturated heterocycles. The minimum absolute atomic E-state index is 0.388. The summed E-state index contributed by atoms with van der Waals surface area (Å²) in [6.45, 7) is 8.36. The van der Waals surface area contributed by atoms with Gasteiger partial charge in [0.1, 0.15) is 51.5 Å². The molecule has 5 nitrogen and oxygen atoms in total. The Labute approximate surface area is 155 Å². The van der Waals surface area contributed by atoms with Crippen molar-refractivity contribution in [3.63, 3.8) is 0 Å². The lowest BCUT2D eigenvalue weighted by Gasteiger charge is -2.31. The minimum atomic E-state index is -0.401. The van der Waals surface area contributed by atoms with Crippen molar-refractivity contribution in [2.45, 2.75) is 31.7 Å². The highest BCUT2D eigenvalue weighted by molar-refractivity contribution is 6.30. The summed E-state index contributed by atoms with van der Waals surface area (Å²) in [6.07, 6.45) is 2.52. The van der Waals surface area contributed by atoms with Gasteiger partial charge in [0.2, 0.25) is 0 Å². The molecule has 2 aliphatic heterocycles. The zero-order chi connectivity index (χ0) is 17.5. The average Bonchev–Trinajstić information content (AvgIpc) is 3.11. The summed E-state index contributed by atoms with van der Waals surface area (Å²) in [4.78, 5) is 3.14. The van der Waals surface area contributed by atoms with Crippen LogP contribution in [-0.4, -0.2) is 69.8 Å². The predicted molar refractivity (Wildman–Crippen MR) is 97.2 cm³/mol. The highest BCUT2D eigenvalue weighted by Gasteiger charge is 2.28. The van der Waals surface area contributed by atoms with E-state index in [9.17, 15) is 5.11 Å². The van der Waals surface area contributed by atoms with Crippen molar-refractivity contribution in [2.24, 2.45) is 0 Å². The Balaban J connectivity index is 1.28. The van der Waals surface area contributed by atoms with E-state index >= 15 is 0 Å². The van der Waals surface area contributed by atoms with Crippen LogP contribution in [0, 0.1) is 0 Å². The lowest BCUT2D eigenvalue weighted by atomic mass is 10.2. The number of rotatable bonds is 8. The topological polar surface area (TPSA) is 47.6 Å². The van der Waals surface area contributed by atoms with Crippen LogP contribution in [0.15, 0.2) is 24.3 Å². The fraction of sp³-hybridized carbons (Fsp3) is 0.684. The van der Waals surface area contributed by atoms with Crippen LogP contribution in [0.3, 0.4) is 0 Å². The lowest BCUT2D eigenvalue weighted by Crippen LogP contribution is -3.28. The zero-order valence-corrected chi connectivity index (χ0v) is 15.6. The third kappa shape index (κ3) is 6.51. The van der Waals surface area contributed by atoms with Crippen molar-refractivity contribution in [2.75, 3.05) is 52.5 Å². The molecule has 0 saturated carbocycles. The highest BCUT2D eigenvalue weighted by atomic mass is 35.5. The van der Waals surface area contributed by atoms with E-state index in [1.807, 2.05) is 24.3 Å². The number of ether oxygens (including phenoxy) is 2. The number of quaternary nitrogens is 2. The molecule has 0 amide bonds. The molecule has 0 spiro atoms. The molecule has 1 aromatic carbocycles. The highest BCUT2D eigenvalue weighted by Crippen LogP contribution is 2.10. The van der Waals surface area contributed by atoms with Crippen LogP contribution in [0.4, 0.5) is 0 Å². The standard InChI is InChI=1S/C19H29ClN2O3/c20-17-5-3-16(4-6-17)14-24-15-18(23)12-21-7-9-22(10-8-21)13-19-2-1-11-25-19/h3-6,18-19,23H,1-2,7-15H2/p+2/t18-,19-/m1/s1. The van der Waals surface area contributed by atoms with E-state index in [0.29, 0.717) is 19.3 Å². The van der Waals surface area contributed by atoms with E-state index < -0.39 is 6.10 Å². The fourth-order valence-electron chi connectivity index (χ4n) is 3.78. The number of nitrogens with one attached hydrogen (secondary N) is 2. The summed E-state index contributed by atoms with van der Waals surface area (Å²) in [5.74, 6) is 0. The van der Waals surface area contributed by atoms with Gasteiger partial charge in [-0.15, -0.1) is 0 Å². The van der Waals surface area contributed by atoms with Gasteiger partial charge in [-0.1, -0.05) is 23.7 Å². The quantitative estimate of drug-likeness (QED) is 0.560. The van der Waals surface area contributed by atoms with Gasteiger partial charge in [-0.05, 0) is 30.5 Å². The number of hydrogen-bond acceptors (Lipinski definition) is 3. The van der Waals surface area contributed by atoms with Crippen molar-refractivity contribution >= 4 is 11.6 Å². The third-order valence-electron chi connectivity index (χ3n) is 5.22. The van der Waals surface area contributed by atoms with E-state index in [1.54, 1.807) is 4.90 Å². The molecule has 25 heavy (non-hydrogen) atoms. The van der Waals surface area contributed by atoms with E-state index in [2.05, 4.69) is 0 Å². The van der Waals surface area contributed by atoms with Crippen LogP contribution in [0.5, 0.6) is 0 Å². The molecule has 1 aromatic rings. The molecular formula is C19H31ClN2O3+2. The largest absolute Gasteiger partial charge is 0.385 e. The van der Waals surface area contributed by atoms with Gasteiger partial charge in [0.05, 0.1) is 13.2 Å².